The second-order valence-electron chi connectivity index (χ2n) is 5.81. The Kier molecular flexibility index (Phi) is 5.26. The van der Waals surface area contributed by atoms with Crippen LogP contribution in [-0.4, -0.2) is 15.7 Å². The summed E-state index contributed by atoms with van der Waals surface area (Å²) >= 11 is 0. The Labute approximate surface area is 147 Å². The quantitative estimate of drug-likeness (QED) is 0.700. The predicted octanol–water partition coefficient (Wildman–Crippen LogP) is 3.60. The second-order valence-corrected chi connectivity index (χ2v) is 5.81. The summed E-state index contributed by atoms with van der Waals surface area (Å²) in [5.41, 5.74) is 6.99. The van der Waals surface area contributed by atoms with Crippen LogP contribution < -0.4 is 5.48 Å². The lowest BCUT2D eigenvalue weighted by Crippen LogP contribution is -2.24. The summed E-state index contributed by atoms with van der Waals surface area (Å²) in [6, 6.07) is 17.7. The first-order chi connectivity index (χ1) is 12.2. The maximum atomic E-state index is 12.4. The van der Waals surface area contributed by atoms with E-state index in [9.17, 15) is 4.79 Å². The second kappa shape index (κ2) is 7.77. The van der Waals surface area contributed by atoms with Crippen molar-refractivity contribution in [1.82, 2.24) is 15.3 Å². The average Bonchev–Trinajstić information content (AvgIpc) is 3.07. The van der Waals surface area contributed by atoms with Crippen molar-refractivity contribution in [3.8, 4) is 5.69 Å². The standard InChI is InChI=1S/C20H21N3O2/c1-3-19-18(13-21-23(19)17-11-9-15(2)10-12-17)20(24)22-25-14-16-7-5-4-6-8-16/h4-13H,3,14H2,1-2H3,(H,22,24). The SMILES string of the molecule is CCc1c(C(=O)NOCc2ccccc2)cnn1-c1ccc(C)cc1. The lowest BCUT2D eigenvalue weighted by Gasteiger charge is -2.09. The summed E-state index contributed by atoms with van der Waals surface area (Å²) in [6.07, 6.45) is 2.27. The molecule has 3 aromatic rings. The zero-order valence-electron chi connectivity index (χ0n) is 14.4. The minimum absolute atomic E-state index is 0.286. The largest absolute Gasteiger partial charge is 0.278 e. The summed E-state index contributed by atoms with van der Waals surface area (Å²) in [4.78, 5) is 17.8. The number of benzene rings is 2. The Morgan fingerprint density at radius 2 is 1.84 bits per heavy atom. The normalized spacial score (nSPS) is 10.6. The van der Waals surface area contributed by atoms with Crippen LogP contribution in [0.3, 0.4) is 0 Å². The minimum atomic E-state index is -0.286. The summed E-state index contributed by atoms with van der Waals surface area (Å²) in [5.74, 6) is -0.286. The topological polar surface area (TPSA) is 56.1 Å². The van der Waals surface area contributed by atoms with E-state index >= 15 is 0 Å². The van der Waals surface area contributed by atoms with E-state index in [1.807, 2.05) is 68.4 Å². The minimum Gasteiger partial charge on any atom is -0.269 e. The number of rotatable bonds is 6. The van der Waals surface area contributed by atoms with Crippen LogP contribution in [0.15, 0.2) is 60.8 Å². The molecule has 128 valence electrons. The maximum Gasteiger partial charge on any atom is 0.278 e. The van der Waals surface area contributed by atoms with Gasteiger partial charge in [-0.2, -0.15) is 5.10 Å². The molecule has 3 rings (SSSR count). The summed E-state index contributed by atoms with van der Waals surface area (Å²) < 4.78 is 1.80. The lowest BCUT2D eigenvalue weighted by atomic mass is 10.2. The zero-order chi connectivity index (χ0) is 17.6. The Hall–Kier alpha value is -2.92. The van der Waals surface area contributed by atoms with Crippen molar-refractivity contribution in [2.45, 2.75) is 26.9 Å². The maximum absolute atomic E-state index is 12.4. The van der Waals surface area contributed by atoms with Gasteiger partial charge in [-0.1, -0.05) is 55.0 Å². The van der Waals surface area contributed by atoms with E-state index in [1.165, 1.54) is 5.56 Å². The van der Waals surface area contributed by atoms with Gasteiger partial charge in [-0.05, 0) is 31.0 Å². The Morgan fingerprint density at radius 3 is 2.52 bits per heavy atom. The highest BCUT2D eigenvalue weighted by atomic mass is 16.6. The van der Waals surface area contributed by atoms with E-state index in [-0.39, 0.29) is 5.91 Å². The van der Waals surface area contributed by atoms with Crippen molar-refractivity contribution in [2.75, 3.05) is 0 Å². The molecule has 5 nitrogen and oxygen atoms in total. The van der Waals surface area contributed by atoms with Crippen LogP contribution >= 0.6 is 0 Å². The highest BCUT2D eigenvalue weighted by molar-refractivity contribution is 5.94. The molecule has 0 aliphatic heterocycles. The molecule has 0 aliphatic rings. The van der Waals surface area contributed by atoms with Gasteiger partial charge >= 0.3 is 0 Å². The third-order valence-corrected chi connectivity index (χ3v) is 3.97. The number of aryl methyl sites for hydroxylation is 1. The van der Waals surface area contributed by atoms with E-state index in [0.29, 0.717) is 18.6 Å². The molecular weight excluding hydrogens is 314 g/mol. The van der Waals surface area contributed by atoms with Gasteiger partial charge < -0.3 is 0 Å². The molecule has 0 radical (unpaired) electrons. The molecule has 0 atom stereocenters. The number of carbonyl (C=O) groups is 1. The number of carbonyl (C=O) groups excluding carboxylic acids is 1. The first-order valence-electron chi connectivity index (χ1n) is 8.29. The molecule has 0 unspecified atom stereocenters. The fourth-order valence-corrected chi connectivity index (χ4v) is 2.63. The molecule has 0 bridgehead atoms. The van der Waals surface area contributed by atoms with Crippen LogP contribution in [0.5, 0.6) is 0 Å². The van der Waals surface area contributed by atoms with Crippen molar-refractivity contribution >= 4 is 5.91 Å². The number of nitrogens with one attached hydrogen (secondary N) is 1. The van der Waals surface area contributed by atoms with Crippen LogP contribution in [0.25, 0.3) is 5.69 Å². The van der Waals surface area contributed by atoms with E-state index in [1.54, 1.807) is 10.9 Å². The first-order valence-corrected chi connectivity index (χ1v) is 8.29. The van der Waals surface area contributed by atoms with Gasteiger partial charge in [-0.25, -0.2) is 10.2 Å². The highest BCUT2D eigenvalue weighted by Gasteiger charge is 2.17. The monoisotopic (exact) mass is 335 g/mol. The number of aromatic nitrogens is 2. The Balaban J connectivity index is 1.71. The lowest BCUT2D eigenvalue weighted by molar-refractivity contribution is 0.0233. The number of hydrogen-bond donors (Lipinski definition) is 1. The molecule has 0 aliphatic carbocycles. The zero-order valence-corrected chi connectivity index (χ0v) is 14.4. The molecule has 1 aromatic heterocycles. The Morgan fingerprint density at radius 1 is 1.12 bits per heavy atom. The predicted molar refractivity (Wildman–Crippen MR) is 96.4 cm³/mol. The van der Waals surface area contributed by atoms with Crippen molar-refractivity contribution in [3.05, 3.63) is 83.2 Å². The average molecular weight is 335 g/mol. The molecule has 1 N–H and O–H groups in total. The van der Waals surface area contributed by atoms with E-state index in [0.717, 1.165) is 16.9 Å². The van der Waals surface area contributed by atoms with Gasteiger partial charge in [0.15, 0.2) is 0 Å². The molecule has 0 saturated carbocycles. The van der Waals surface area contributed by atoms with Gasteiger partial charge in [0.2, 0.25) is 0 Å². The van der Waals surface area contributed by atoms with Crippen molar-refractivity contribution in [2.24, 2.45) is 0 Å². The molecule has 1 heterocycles. The number of amides is 1. The molecule has 0 spiro atoms. The highest BCUT2D eigenvalue weighted by Crippen LogP contribution is 2.16. The van der Waals surface area contributed by atoms with Crippen LogP contribution in [0, 0.1) is 6.92 Å². The van der Waals surface area contributed by atoms with E-state index in [4.69, 9.17) is 4.84 Å². The third-order valence-electron chi connectivity index (χ3n) is 3.97. The van der Waals surface area contributed by atoms with Crippen LogP contribution in [0.1, 0.15) is 34.1 Å². The molecule has 0 fully saturated rings. The van der Waals surface area contributed by atoms with Crippen LogP contribution in [0.4, 0.5) is 0 Å². The van der Waals surface area contributed by atoms with Gasteiger partial charge in [0.25, 0.3) is 5.91 Å². The van der Waals surface area contributed by atoms with Gasteiger partial charge in [0.05, 0.1) is 29.7 Å². The third kappa shape index (κ3) is 3.95. The van der Waals surface area contributed by atoms with Crippen molar-refractivity contribution in [1.29, 1.82) is 0 Å². The summed E-state index contributed by atoms with van der Waals surface area (Å²) in [5, 5.41) is 4.37. The molecule has 2 aromatic carbocycles. The van der Waals surface area contributed by atoms with Crippen LogP contribution in [-0.2, 0) is 17.9 Å². The van der Waals surface area contributed by atoms with Crippen molar-refractivity contribution in [3.63, 3.8) is 0 Å². The molecule has 0 saturated heterocycles. The van der Waals surface area contributed by atoms with Gasteiger partial charge in [0, 0.05) is 0 Å². The number of hydroxylamine groups is 1. The van der Waals surface area contributed by atoms with Crippen LogP contribution in [0.2, 0.25) is 0 Å². The van der Waals surface area contributed by atoms with E-state index < -0.39 is 0 Å². The smallest absolute Gasteiger partial charge is 0.269 e. The van der Waals surface area contributed by atoms with Crippen molar-refractivity contribution < 1.29 is 9.63 Å². The van der Waals surface area contributed by atoms with Gasteiger partial charge in [0.1, 0.15) is 0 Å². The fourth-order valence-electron chi connectivity index (χ4n) is 2.63. The number of hydrogen-bond acceptors (Lipinski definition) is 3. The molecular formula is C20H21N3O2. The Bertz CT molecular complexity index is 839. The summed E-state index contributed by atoms with van der Waals surface area (Å²) in [6.45, 7) is 4.36. The fraction of sp³-hybridized carbons (Fsp3) is 0.200. The molecule has 5 heteroatoms. The molecule has 25 heavy (non-hydrogen) atoms. The molecule has 1 amide bonds. The summed E-state index contributed by atoms with van der Waals surface area (Å²) in [7, 11) is 0. The van der Waals surface area contributed by atoms with Gasteiger partial charge in [-0.3, -0.25) is 9.63 Å². The first kappa shape index (κ1) is 16.9. The number of nitrogens with zero attached hydrogens (tertiary/aromatic N) is 2. The van der Waals surface area contributed by atoms with Gasteiger partial charge in [-0.15, -0.1) is 0 Å². The van der Waals surface area contributed by atoms with E-state index in [2.05, 4.69) is 10.6 Å².